The molecule has 7 rings (SSSR count). The minimum Gasteiger partial charge on any atom is -0.497 e. The van der Waals surface area contributed by atoms with Crippen LogP contribution in [0.25, 0.3) is 11.0 Å². The number of ether oxygens (including phenoxy) is 4. The standard InChI is InChI=1S/C30H26N6O5/c1-38-20-8-6-18(7-9-20)16-39-29-21(28(37)31-15-27-33-22-4-2-3-5-23(22)34-27)14-32-30(35-29)36-11-10-19-12-25-26(13-24(19)36)41-17-40-25/h2-9,12-14H,10-11,15-17H2,1H3,(H,31,37)(H,33,34). The molecule has 11 nitrogen and oxygen atoms in total. The number of benzene rings is 3. The third kappa shape index (κ3) is 4.82. The number of carbonyl (C=O) groups is 1. The number of aromatic amines is 1. The van der Waals surface area contributed by atoms with Gasteiger partial charge in [0.1, 0.15) is 23.7 Å². The molecule has 206 valence electrons. The number of amides is 1. The second-order valence-electron chi connectivity index (χ2n) is 9.64. The van der Waals surface area contributed by atoms with Crippen molar-refractivity contribution in [2.75, 3.05) is 25.3 Å². The highest BCUT2D eigenvalue weighted by atomic mass is 16.7. The molecule has 0 aliphatic carbocycles. The van der Waals surface area contributed by atoms with Crippen LogP contribution in [0.4, 0.5) is 11.6 Å². The number of aromatic nitrogens is 4. The Morgan fingerprint density at radius 1 is 1.07 bits per heavy atom. The van der Waals surface area contributed by atoms with Crippen molar-refractivity contribution < 1.29 is 23.7 Å². The number of imidazole rings is 1. The number of methoxy groups -OCH3 is 1. The van der Waals surface area contributed by atoms with E-state index in [1.807, 2.05) is 65.6 Å². The van der Waals surface area contributed by atoms with Gasteiger partial charge in [0, 0.05) is 18.8 Å². The summed E-state index contributed by atoms with van der Waals surface area (Å²) in [6.07, 6.45) is 2.31. The van der Waals surface area contributed by atoms with Crippen LogP contribution in [0.2, 0.25) is 0 Å². The Morgan fingerprint density at radius 2 is 1.90 bits per heavy atom. The first-order chi connectivity index (χ1) is 20.1. The number of hydrogen-bond donors (Lipinski definition) is 2. The monoisotopic (exact) mass is 550 g/mol. The zero-order chi connectivity index (χ0) is 27.8. The minimum atomic E-state index is -0.369. The van der Waals surface area contributed by atoms with Gasteiger partial charge in [-0.15, -0.1) is 0 Å². The molecule has 0 saturated heterocycles. The molecule has 2 aliphatic heterocycles. The number of hydrogen-bond acceptors (Lipinski definition) is 9. The molecule has 2 N–H and O–H groups in total. The van der Waals surface area contributed by atoms with Gasteiger partial charge < -0.3 is 34.1 Å². The lowest BCUT2D eigenvalue weighted by molar-refractivity contribution is 0.0944. The molecule has 1 amide bonds. The molecule has 0 fully saturated rings. The van der Waals surface area contributed by atoms with Gasteiger partial charge in [-0.05, 0) is 47.9 Å². The van der Waals surface area contributed by atoms with Crippen molar-refractivity contribution in [3.8, 4) is 23.1 Å². The largest absolute Gasteiger partial charge is 0.497 e. The normalized spacial score (nSPS) is 13.3. The van der Waals surface area contributed by atoms with Crippen molar-refractivity contribution in [2.45, 2.75) is 19.6 Å². The van der Waals surface area contributed by atoms with Crippen LogP contribution in [0.1, 0.15) is 27.3 Å². The minimum absolute atomic E-state index is 0.183. The van der Waals surface area contributed by atoms with Crippen LogP contribution < -0.4 is 29.2 Å². The fraction of sp³-hybridized carbons (Fsp3) is 0.200. The summed E-state index contributed by atoms with van der Waals surface area (Å²) in [5, 5.41) is 2.91. The Labute approximate surface area is 235 Å². The quantitative estimate of drug-likeness (QED) is 0.291. The van der Waals surface area contributed by atoms with Crippen LogP contribution >= 0.6 is 0 Å². The van der Waals surface area contributed by atoms with E-state index in [9.17, 15) is 4.79 Å². The van der Waals surface area contributed by atoms with Gasteiger partial charge in [0.15, 0.2) is 11.5 Å². The van der Waals surface area contributed by atoms with E-state index in [0.29, 0.717) is 24.1 Å². The highest BCUT2D eigenvalue weighted by molar-refractivity contribution is 5.96. The van der Waals surface area contributed by atoms with Gasteiger partial charge in [-0.1, -0.05) is 24.3 Å². The van der Waals surface area contributed by atoms with Crippen LogP contribution in [0.5, 0.6) is 23.1 Å². The van der Waals surface area contributed by atoms with Gasteiger partial charge in [0.05, 0.1) is 30.4 Å². The topological polar surface area (TPSA) is 124 Å². The molecule has 3 aromatic carbocycles. The fourth-order valence-electron chi connectivity index (χ4n) is 4.96. The number of rotatable bonds is 8. The number of fused-ring (bicyclic) bond motifs is 3. The summed E-state index contributed by atoms with van der Waals surface area (Å²) in [6.45, 7) is 1.29. The van der Waals surface area contributed by atoms with Crippen LogP contribution in [0, 0.1) is 0 Å². The maximum absolute atomic E-state index is 13.3. The third-order valence-electron chi connectivity index (χ3n) is 7.09. The predicted octanol–water partition coefficient (Wildman–Crippen LogP) is 4.29. The van der Waals surface area contributed by atoms with Gasteiger partial charge in [-0.3, -0.25) is 4.79 Å². The summed E-state index contributed by atoms with van der Waals surface area (Å²) >= 11 is 0. The number of H-pyrrole nitrogens is 1. The van der Waals surface area contributed by atoms with E-state index in [1.54, 1.807) is 7.11 Å². The fourth-order valence-corrected chi connectivity index (χ4v) is 4.96. The molecule has 2 aromatic heterocycles. The average Bonchev–Trinajstić information content (AvgIpc) is 3.75. The molecule has 0 radical (unpaired) electrons. The highest BCUT2D eigenvalue weighted by Crippen LogP contribution is 2.43. The van der Waals surface area contributed by atoms with E-state index in [2.05, 4.69) is 20.3 Å². The number of nitrogens with zero attached hydrogens (tertiary/aromatic N) is 4. The van der Waals surface area contributed by atoms with Crippen LogP contribution in [0.3, 0.4) is 0 Å². The first-order valence-corrected chi connectivity index (χ1v) is 13.2. The molecular formula is C30H26N6O5. The lowest BCUT2D eigenvalue weighted by Crippen LogP contribution is -2.25. The zero-order valence-electron chi connectivity index (χ0n) is 22.2. The third-order valence-corrected chi connectivity index (χ3v) is 7.09. The van der Waals surface area contributed by atoms with Crippen molar-refractivity contribution in [2.24, 2.45) is 0 Å². The van der Waals surface area contributed by atoms with Crippen molar-refractivity contribution >= 4 is 28.6 Å². The molecule has 0 spiro atoms. The van der Waals surface area contributed by atoms with E-state index in [-0.39, 0.29) is 37.3 Å². The second kappa shape index (κ2) is 10.3. The molecule has 4 heterocycles. The smallest absolute Gasteiger partial charge is 0.258 e. The zero-order valence-corrected chi connectivity index (χ0v) is 22.2. The van der Waals surface area contributed by atoms with Crippen molar-refractivity contribution in [3.63, 3.8) is 0 Å². The lowest BCUT2D eigenvalue weighted by Gasteiger charge is -2.19. The Kier molecular flexibility index (Phi) is 6.23. The average molecular weight is 551 g/mol. The van der Waals surface area contributed by atoms with Crippen LogP contribution in [0.15, 0.2) is 66.9 Å². The summed E-state index contributed by atoms with van der Waals surface area (Å²) in [7, 11) is 1.62. The van der Waals surface area contributed by atoms with Crippen LogP contribution in [-0.4, -0.2) is 46.3 Å². The SMILES string of the molecule is COc1ccc(COc2nc(N3CCc4cc5c(cc43)OCO5)ncc2C(=O)NCc2nc3ccccc3[nH]2)cc1. The Morgan fingerprint density at radius 3 is 2.73 bits per heavy atom. The molecule has 2 aliphatic rings. The van der Waals surface area contributed by atoms with Gasteiger partial charge in [-0.25, -0.2) is 9.97 Å². The maximum Gasteiger partial charge on any atom is 0.258 e. The van der Waals surface area contributed by atoms with Crippen LogP contribution in [-0.2, 0) is 19.6 Å². The molecule has 0 atom stereocenters. The lowest BCUT2D eigenvalue weighted by atomic mass is 10.1. The Balaban J connectivity index is 1.16. The van der Waals surface area contributed by atoms with E-state index in [1.165, 1.54) is 6.20 Å². The number of nitrogens with one attached hydrogen (secondary N) is 2. The Hall–Kier alpha value is -5.32. The van der Waals surface area contributed by atoms with Gasteiger partial charge in [-0.2, -0.15) is 4.98 Å². The van der Waals surface area contributed by atoms with E-state index >= 15 is 0 Å². The van der Waals surface area contributed by atoms with Crippen molar-refractivity contribution in [3.05, 3.63) is 89.4 Å². The summed E-state index contributed by atoms with van der Waals surface area (Å²) in [6, 6.07) is 19.2. The molecule has 41 heavy (non-hydrogen) atoms. The van der Waals surface area contributed by atoms with Gasteiger partial charge in [0.25, 0.3) is 5.91 Å². The molecular weight excluding hydrogens is 524 g/mol. The van der Waals surface area contributed by atoms with Gasteiger partial charge in [0.2, 0.25) is 18.6 Å². The number of anilines is 2. The molecule has 0 saturated carbocycles. The summed E-state index contributed by atoms with van der Waals surface area (Å²) in [4.78, 5) is 32.4. The van der Waals surface area contributed by atoms with Crippen molar-refractivity contribution in [1.82, 2.24) is 25.3 Å². The molecule has 0 bridgehead atoms. The number of carbonyl (C=O) groups excluding carboxylic acids is 1. The second-order valence-corrected chi connectivity index (χ2v) is 9.64. The molecule has 5 aromatic rings. The first-order valence-electron chi connectivity index (χ1n) is 13.2. The maximum atomic E-state index is 13.3. The Bertz CT molecular complexity index is 1720. The highest BCUT2D eigenvalue weighted by Gasteiger charge is 2.28. The predicted molar refractivity (Wildman–Crippen MR) is 150 cm³/mol. The van der Waals surface area contributed by atoms with E-state index in [4.69, 9.17) is 23.9 Å². The molecule has 11 heteroatoms. The summed E-state index contributed by atoms with van der Waals surface area (Å²) in [5.74, 6) is 3.07. The summed E-state index contributed by atoms with van der Waals surface area (Å²) in [5.41, 5.74) is 4.92. The van der Waals surface area contributed by atoms with Crippen molar-refractivity contribution in [1.29, 1.82) is 0 Å². The van der Waals surface area contributed by atoms with E-state index < -0.39 is 0 Å². The molecule has 0 unspecified atom stereocenters. The van der Waals surface area contributed by atoms with Gasteiger partial charge >= 0.3 is 0 Å². The first kappa shape index (κ1) is 24.7. The summed E-state index contributed by atoms with van der Waals surface area (Å²) < 4.78 is 22.5. The number of para-hydroxylation sites is 2. The van der Waals surface area contributed by atoms with E-state index in [0.717, 1.165) is 45.8 Å².